The number of hydrogen-bond donors (Lipinski definition) is 1. The molecule has 0 saturated heterocycles. The topological polar surface area (TPSA) is 55.4 Å². The Labute approximate surface area is 175 Å². The maximum Gasteiger partial charge on any atom is 0.338 e. The molecule has 0 fully saturated rings. The number of carbonyl (C=O) groups is 2. The van der Waals surface area contributed by atoms with Gasteiger partial charge in [-0.15, -0.1) is 0 Å². The Morgan fingerprint density at radius 2 is 1.66 bits per heavy atom. The van der Waals surface area contributed by atoms with Gasteiger partial charge in [0.05, 0.1) is 16.3 Å². The van der Waals surface area contributed by atoms with Gasteiger partial charge < -0.3 is 10.1 Å². The molecule has 0 aromatic heterocycles. The first-order valence-corrected chi connectivity index (χ1v) is 9.67. The highest BCUT2D eigenvalue weighted by molar-refractivity contribution is 6.34. The molecule has 1 amide bonds. The summed E-state index contributed by atoms with van der Waals surface area (Å²) in [6, 6.07) is 20.8. The van der Waals surface area contributed by atoms with Crippen molar-refractivity contribution in [3.63, 3.8) is 0 Å². The highest BCUT2D eigenvalue weighted by Crippen LogP contribution is 2.27. The normalized spacial score (nSPS) is 10.4. The second kappa shape index (κ2) is 9.39. The van der Waals surface area contributed by atoms with Gasteiger partial charge in [-0.1, -0.05) is 66.2 Å². The molecule has 3 aromatic rings. The summed E-state index contributed by atoms with van der Waals surface area (Å²) in [6.45, 7) is 3.40. The summed E-state index contributed by atoms with van der Waals surface area (Å²) in [7, 11) is 0. The quantitative estimate of drug-likeness (QED) is 0.561. The van der Waals surface area contributed by atoms with Crippen LogP contribution >= 0.6 is 11.6 Å². The smallest absolute Gasteiger partial charge is 0.338 e. The fraction of sp³-hybridized carbons (Fsp3) is 0.167. The number of rotatable bonds is 6. The van der Waals surface area contributed by atoms with Gasteiger partial charge in [0.1, 0.15) is 0 Å². The summed E-state index contributed by atoms with van der Waals surface area (Å²) < 4.78 is 5.25. The minimum Gasteiger partial charge on any atom is -0.452 e. The third-order valence-corrected chi connectivity index (χ3v) is 4.80. The monoisotopic (exact) mass is 407 g/mol. The van der Waals surface area contributed by atoms with E-state index in [-0.39, 0.29) is 6.61 Å². The summed E-state index contributed by atoms with van der Waals surface area (Å²) in [5.74, 6) is -0.967. The SMILES string of the molecule is Cc1cc(C)c(NC(=O)COC(=O)c2ccccc2Cc2ccccc2)c(Cl)c1. The van der Waals surface area contributed by atoms with E-state index in [1.807, 2.05) is 62.4 Å². The van der Waals surface area contributed by atoms with Gasteiger partial charge in [0.25, 0.3) is 5.91 Å². The summed E-state index contributed by atoms with van der Waals surface area (Å²) in [5.41, 5.74) is 4.78. The third-order valence-electron chi connectivity index (χ3n) is 4.51. The molecular weight excluding hydrogens is 386 g/mol. The van der Waals surface area contributed by atoms with Crippen molar-refractivity contribution >= 4 is 29.2 Å². The van der Waals surface area contributed by atoms with Crippen LogP contribution in [0.2, 0.25) is 5.02 Å². The van der Waals surface area contributed by atoms with Crippen LogP contribution in [0.4, 0.5) is 5.69 Å². The molecule has 0 aliphatic heterocycles. The number of nitrogens with one attached hydrogen (secondary N) is 1. The summed E-state index contributed by atoms with van der Waals surface area (Å²) in [5, 5.41) is 3.17. The van der Waals surface area contributed by atoms with Crippen LogP contribution in [0.3, 0.4) is 0 Å². The number of esters is 1. The molecule has 0 saturated carbocycles. The number of halogens is 1. The first-order valence-electron chi connectivity index (χ1n) is 9.29. The van der Waals surface area contributed by atoms with E-state index in [1.54, 1.807) is 18.2 Å². The van der Waals surface area contributed by atoms with Gasteiger partial charge in [0, 0.05) is 0 Å². The lowest BCUT2D eigenvalue weighted by Crippen LogP contribution is -2.22. The predicted molar refractivity (Wildman–Crippen MR) is 116 cm³/mol. The molecule has 5 heteroatoms. The van der Waals surface area contributed by atoms with Crippen molar-refractivity contribution in [1.82, 2.24) is 0 Å². The van der Waals surface area contributed by atoms with E-state index < -0.39 is 11.9 Å². The van der Waals surface area contributed by atoms with E-state index in [2.05, 4.69) is 5.32 Å². The van der Waals surface area contributed by atoms with E-state index in [0.29, 0.717) is 22.7 Å². The number of aryl methyl sites for hydroxylation is 2. The lowest BCUT2D eigenvalue weighted by molar-refractivity contribution is -0.119. The number of amides is 1. The lowest BCUT2D eigenvalue weighted by atomic mass is 10.00. The van der Waals surface area contributed by atoms with E-state index in [9.17, 15) is 9.59 Å². The fourth-order valence-electron chi connectivity index (χ4n) is 3.15. The van der Waals surface area contributed by atoms with Gasteiger partial charge in [-0.3, -0.25) is 4.79 Å². The molecule has 4 nitrogen and oxygen atoms in total. The standard InChI is InChI=1S/C24H22ClNO3/c1-16-12-17(2)23(21(25)13-16)26-22(27)15-29-24(28)20-11-7-6-10-19(20)14-18-8-4-3-5-9-18/h3-13H,14-15H2,1-2H3,(H,26,27). The zero-order chi connectivity index (χ0) is 20.8. The van der Waals surface area contributed by atoms with E-state index in [0.717, 1.165) is 22.3 Å². The predicted octanol–water partition coefficient (Wildman–Crippen LogP) is 5.34. The van der Waals surface area contributed by atoms with Gasteiger partial charge in [0.2, 0.25) is 0 Å². The van der Waals surface area contributed by atoms with Crippen molar-refractivity contribution in [3.05, 3.63) is 99.6 Å². The largest absolute Gasteiger partial charge is 0.452 e. The Morgan fingerprint density at radius 3 is 2.38 bits per heavy atom. The molecule has 0 unspecified atom stereocenters. The van der Waals surface area contributed by atoms with Gasteiger partial charge in [-0.05, 0) is 54.7 Å². The molecule has 148 valence electrons. The summed E-state index contributed by atoms with van der Waals surface area (Å²) in [6.07, 6.45) is 0.608. The highest BCUT2D eigenvalue weighted by Gasteiger charge is 2.16. The van der Waals surface area contributed by atoms with Crippen LogP contribution in [0.5, 0.6) is 0 Å². The lowest BCUT2D eigenvalue weighted by Gasteiger charge is -2.13. The number of benzene rings is 3. The Bertz CT molecular complexity index is 1010. The minimum atomic E-state index is -0.529. The zero-order valence-electron chi connectivity index (χ0n) is 16.4. The molecule has 0 heterocycles. The van der Waals surface area contributed by atoms with Gasteiger partial charge in [-0.25, -0.2) is 4.79 Å². The number of anilines is 1. The summed E-state index contributed by atoms with van der Waals surface area (Å²) in [4.78, 5) is 24.8. The van der Waals surface area contributed by atoms with Crippen LogP contribution in [0.25, 0.3) is 0 Å². The van der Waals surface area contributed by atoms with Crippen LogP contribution in [-0.2, 0) is 16.0 Å². The van der Waals surface area contributed by atoms with Crippen LogP contribution in [0.15, 0.2) is 66.7 Å². The average Bonchev–Trinajstić information content (AvgIpc) is 2.70. The molecule has 0 aliphatic rings. The maximum atomic E-state index is 12.6. The van der Waals surface area contributed by atoms with E-state index in [1.165, 1.54) is 0 Å². The molecule has 3 rings (SSSR count). The van der Waals surface area contributed by atoms with E-state index >= 15 is 0 Å². The first-order chi connectivity index (χ1) is 13.9. The Hall–Kier alpha value is -3.11. The Kier molecular flexibility index (Phi) is 6.68. The van der Waals surface area contributed by atoms with Crippen LogP contribution < -0.4 is 5.32 Å². The van der Waals surface area contributed by atoms with Crippen LogP contribution in [0.1, 0.15) is 32.6 Å². The van der Waals surface area contributed by atoms with Crippen molar-refractivity contribution in [1.29, 1.82) is 0 Å². The van der Waals surface area contributed by atoms with Gasteiger partial charge in [-0.2, -0.15) is 0 Å². The molecule has 29 heavy (non-hydrogen) atoms. The molecule has 0 bridgehead atoms. The number of carbonyl (C=O) groups excluding carboxylic acids is 2. The number of hydrogen-bond acceptors (Lipinski definition) is 3. The molecule has 0 atom stereocenters. The molecule has 3 aromatic carbocycles. The van der Waals surface area contributed by atoms with E-state index in [4.69, 9.17) is 16.3 Å². The van der Waals surface area contributed by atoms with Gasteiger partial charge >= 0.3 is 5.97 Å². The zero-order valence-corrected chi connectivity index (χ0v) is 17.1. The second-order valence-electron chi connectivity index (χ2n) is 6.88. The van der Waals surface area contributed by atoms with Crippen LogP contribution in [-0.4, -0.2) is 18.5 Å². The summed E-state index contributed by atoms with van der Waals surface area (Å²) >= 11 is 6.21. The van der Waals surface area contributed by atoms with Crippen molar-refractivity contribution in [2.75, 3.05) is 11.9 Å². The maximum absolute atomic E-state index is 12.6. The molecule has 0 aliphatic carbocycles. The fourth-order valence-corrected chi connectivity index (χ4v) is 3.52. The van der Waals surface area contributed by atoms with Gasteiger partial charge in [0.15, 0.2) is 6.61 Å². The number of ether oxygens (including phenoxy) is 1. The molecule has 0 spiro atoms. The Balaban J connectivity index is 1.65. The van der Waals surface area contributed by atoms with Crippen molar-refractivity contribution in [2.24, 2.45) is 0 Å². The van der Waals surface area contributed by atoms with Crippen molar-refractivity contribution in [3.8, 4) is 0 Å². The second-order valence-corrected chi connectivity index (χ2v) is 7.29. The third kappa shape index (κ3) is 5.46. The van der Waals surface area contributed by atoms with Crippen LogP contribution in [0, 0.1) is 13.8 Å². The molecule has 1 N–H and O–H groups in total. The average molecular weight is 408 g/mol. The Morgan fingerprint density at radius 1 is 0.966 bits per heavy atom. The van der Waals surface area contributed by atoms with Crippen molar-refractivity contribution < 1.29 is 14.3 Å². The molecular formula is C24H22ClNO3. The molecule has 0 radical (unpaired) electrons. The minimum absolute atomic E-state index is 0.387. The highest BCUT2D eigenvalue weighted by atomic mass is 35.5. The first kappa shape index (κ1) is 20.6. The van der Waals surface area contributed by atoms with Crippen molar-refractivity contribution in [2.45, 2.75) is 20.3 Å².